The molecule has 0 heterocycles. The summed E-state index contributed by atoms with van der Waals surface area (Å²) in [5.41, 5.74) is 0. The molecular weight excluding hydrogens is 146 g/mol. The van der Waals surface area contributed by atoms with Crippen molar-refractivity contribution in [2.75, 3.05) is 7.05 Å². The number of rotatable bonds is 7. The minimum absolute atomic E-state index is 0.698. The molecule has 1 atom stereocenters. The summed E-state index contributed by atoms with van der Waals surface area (Å²) < 4.78 is 0. The lowest BCUT2D eigenvalue weighted by molar-refractivity contribution is 0.485. The fourth-order valence-corrected chi connectivity index (χ4v) is 1.32. The van der Waals surface area contributed by atoms with Crippen LogP contribution in [0.15, 0.2) is 0 Å². The molecule has 0 spiro atoms. The lowest BCUT2D eigenvalue weighted by atomic mass is 10.0. The summed E-state index contributed by atoms with van der Waals surface area (Å²) >= 11 is 0. The van der Waals surface area contributed by atoms with Gasteiger partial charge >= 0.3 is 0 Å². The Labute approximate surface area is 77.9 Å². The van der Waals surface area contributed by atoms with E-state index in [0.29, 0.717) is 6.04 Å². The highest BCUT2D eigenvalue weighted by Crippen LogP contribution is 2.10. The highest BCUT2D eigenvalue weighted by atomic mass is 14.8. The molecule has 74 valence electrons. The fourth-order valence-electron chi connectivity index (χ4n) is 1.32. The van der Waals surface area contributed by atoms with E-state index in [1.165, 1.54) is 32.1 Å². The van der Waals surface area contributed by atoms with Crippen molar-refractivity contribution >= 4 is 0 Å². The van der Waals surface area contributed by atoms with Crippen molar-refractivity contribution in [2.24, 2.45) is 5.92 Å². The average molecular weight is 171 g/mol. The zero-order chi connectivity index (χ0) is 9.40. The third-order valence-corrected chi connectivity index (χ3v) is 2.41. The predicted octanol–water partition coefficient (Wildman–Crippen LogP) is 3.20. The minimum atomic E-state index is 0.698. The first-order valence-electron chi connectivity index (χ1n) is 5.34. The van der Waals surface area contributed by atoms with Gasteiger partial charge in [0, 0.05) is 6.04 Å². The van der Waals surface area contributed by atoms with Gasteiger partial charge in [0.2, 0.25) is 0 Å². The van der Waals surface area contributed by atoms with Crippen LogP contribution in [0.3, 0.4) is 0 Å². The van der Waals surface area contributed by atoms with Gasteiger partial charge in [0.15, 0.2) is 0 Å². The van der Waals surface area contributed by atoms with Gasteiger partial charge in [-0.15, -0.1) is 0 Å². The van der Waals surface area contributed by atoms with Gasteiger partial charge in [0.25, 0.3) is 0 Å². The molecule has 0 aromatic heterocycles. The van der Waals surface area contributed by atoms with Crippen LogP contribution in [0.5, 0.6) is 0 Å². The average Bonchev–Trinajstić information content (AvgIpc) is 2.03. The van der Waals surface area contributed by atoms with Gasteiger partial charge in [0.05, 0.1) is 0 Å². The first-order chi connectivity index (χ1) is 5.66. The maximum absolute atomic E-state index is 3.26. The largest absolute Gasteiger partial charge is 0.317 e. The molecule has 0 rings (SSSR count). The molecule has 0 bridgehead atoms. The molecule has 0 saturated heterocycles. The van der Waals surface area contributed by atoms with Gasteiger partial charge in [0.1, 0.15) is 0 Å². The van der Waals surface area contributed by atoms with Crippen LogP contribution in [0.4, 0.5) is 0 Å². The number of nitrogens with one attached hydrogen (secondary N) is 1. The molecule has 1 heteroatoms. The summed E-state index contributed by atoms with van der Waals surface area (Å²) in [5.74, 6) is 0.881. The maximum Gasteiger partial charge on any atom is 0.00357 e. The molecule has 12 heavy (non-hydrogen) atoms. The molecule has 0 aromatic rings. The van der Waals surface area contributed by atoms with E-state index in [1.807, 2.05) is 7.05 Å². The van der Waals surface area contributed by atoms with Gasteiger partial charge < -0.3 is 5.32 Å². The zero-order valence-corrected chi connectivity index (χ0v) is 9.19. The first-order valence-corrected chi connectivity index (χ1v) is 5.34. The van der Waals surface area contributed by atoms with E-state index in [1.54, 1.807) is 0 Å². The highest BCUT2D eigenvalue weighted by molar-refractivity contribution is 4.57. The number of unbranched alkanes of at least 4 members (excludes halogenated alkanes) is 2. The van der Waals surface area contributed by atoms with E-state index < -0.39 is 0 Å². The maximum atomic E-state index is 3.26. The standard InChI is InChI=1S/C11H25N/c1-10(2)8-6-5-7-9-11(3)12-4/h10-12H,5-9H2,1-4H3/t11-/m0/s1. The zero-order valence-electron chi connectivity index (χ0n) is 9.19. The van der Waals surface area contributed by atoms with Crippen molar-refractivity contribution in [3.8, 4) is 0 Å². The molecular formula is C11H25N. The molecule has 1 N–H and O–H groups in total. The molecule has 0 saturated carbocycles. The van der Waals surface area contributed by atoms with Crippen LogP contribution in [0.2, 0.25) is 0 Å². The predicted molar refractivity (Wildman–Crippen MR) is 56.4 cm³/mol. The lowest BCUT2D eigenvalue weighted by Crippen LogP contribution is -2.20. The molecule has 0 amide bonds. The van der Waals surface area contributed by atoms with Gasteiger partial charge in [-0.05, 0) is 26.3 Å². The van der Waals surface area contributed by atoms with Gasteiger partial charge in [-0.2, -0.15) is 0 Å². The molecule has 0 aliphatic carbocycles. The smallest absolute Gasteiger partial charge is 0.00357 e. The summed E-state index contributed by atoms with van der Waals surface area (Å²) in [4.78, 5) is 0. The summed E-state index contributed by atoms with van der Waals surface area (Å²) in [5, 5.41) is 3.26. The molecule has 1 nitrogen and oxygen atoms in total. The second kappa shape index (κ2) is 7.60. The monoisotopic (exact) mass is 171 g/mol. The van der Waals surface area contributed by atoms with E-state index in [9.17, 15) is 0 Å². The van der Waals surface area contributed by atoms with Crippen molar-refractivity contribution in [2.45, 2.75) is 58.9 Å². The van der Waals surface area contributed by atoms with Crippen molar-refractivity contribution in [1.82, 2.24) is 5.32 Å². The Hall–Kier alpha value is -0.0400. The Morgan fingerprint density at radius 1 is 0.917 bits per heavy atom. The van der Waals surface area contributed by atoms with Crippen LogP contribution in [0.25, 0.3) is 0 Å². The van der Waals surface area contributed by atoms with E-state index in [0.717, 1.165) is 5.92 Å². The Kier molecular flexibility index (Phi) is 7.58. The second-order valence-electron chi connectivity index (χ2n) is 4.22. The van der Waals surface area contributed by atoms with Crippen molar-refractivity contribution in [3.63, 3.8) is 0 Å². The Balaban J connectivity index is 3.00. The third-order valence-electron chi connectivity index (χ3n) is 2.41. The third kappa shape index (κ3) is 8.06. The summed E-state index contributed by atoms with van der Waals surface area (Å²) in [6.45, 7) is 6.86. The first kappa shape index (κ1) is 12.0. The van der Waals surface area contributed by atoms with Gasteiger partial charge in [-0.3, -0.25) is 0 Å². The van der Waals surface area contributed by atoms with Crippen LogP contribution < -0.4 is 5.32 Å². The summed E-state index contributed by atoms with van der Waals surface area (Å²) in [7, 11) is 2.04. The molecule has 0 aliphatic heterocycles. The number of hydrogen-bond acceptors (Lipinski definition) is 1. The van der Waals surface area contributed by atoms with Crippen LogP contribution in [0.1, 0.15) is 52.9 Å². The van der Waals surface area contributed by atoms with E-state index in [2.05, 4.69) is 26.1 Å². The molecule has 0 unspecified atom stereocenters. The topological polar surface area (TPSA) is 12.0 Å². The SMILES string of the molecule is CN[C@@H](C)CCCCCC(C)C. The van der Waals surface area contributed by atoms with E-state index in [4.69, 9.17) is 0 Å². The van der Waals surface area contributed by atoms with Crippen LogP contribution in [-0.4, -0.2) is 13.1 Å². The Morgan fingerprint density at radius 3 is 2.00 bits per heavy atom. The Bertz CT molecular complexity index is 89.0. The summed E-state index contributed by atoms with van der Waals surface area (Å²) in [6, 6.07) is 0.698. The lowest BCUT2D eigenvalue weighted by Gasteiger charge is -2.09. The highest BCUT2D eigenvalue weighted by Gasteiger charge is 1.98. The van der Waals surface area contributed by atoms with Crippen LogP contribution in [0, 0.1) is 5.92 Å². The quantitative estimate of drug-likeness (QED) is 0.580. The Morgan fingerprint density at radius 2 is 1.50 bits per heavy atom. The fraction of sp³-hybridized carbons (Fsp3) is 1.00. The molecule has 0 aromatic carbocycles. The van der Waals surface area contributed by atoms with Crippen LogP contribution >= 0.6 is 0 Å². The van der Waals surface area contributed by atoms with Crippen molar-refractivity contribution in [3.05, 3.63) is 0 Å². The molecule has 0 fully saturated rings. The minimum Gasteiger partial charge on any atom is -0.317 e. The van der Waals surface area contributed by atoms with Gasteiger partial charge in [-0.1, -0.05) is 39.5 Å². The van der Waals surface area contributed by atoms with Crippen molar-refractivity contribution < 1.29 is 0 Å². The summed E-state index contributed by atoms with van der Waals surface area (Å²) in [6.07, 6.45) is 6.93. The number of hydrogen-bond donors (Lipinski definition) is 1. The molecule has 0 radical (unpaired) electrons. The second-order valence-corrected chi connectivity index (χ2v) is 4.22. The van der Waals surface area contributed by atoms with Crippen LogP contribution in [-0.2, 0) is 0 Å². The van der Waals surface area contributed by atoms with E-state index in [-0.39, 0.29) is 0 Å². The molecule has 0 aliphatic rings. The van der Waals surface area contributed by atoms with Gasteiger partial charge in [-0.25, -0.2) is 0 Å². The van der Waals surface area contributed by atoms with E-state index >= 15 is 0 Å². The van der Waals surface area contributed by atoms with Crippen molar-refractivity contribution in [1.29, 1.82) is 0 Å². The normalized spacial score (nSPS) is 13.8.